The Labute approximate surface area is 166 Å². The summed E-state index contributed by atoms with van der Waals surface area (Å²) in [4.78, 5) is 12.2. The second kappa shape index (κ2) is 10.1. The smallest absolute Gasteiger partial charge is 0.407 e. The van der Waals surface area contributed by atoms with Crippen molar-refractivity contribution in [3.63, 3.8) is 0 Å². The summed E-state index contributed by atoms with van der Waals surface area (Å²) in [6, 6.07) is 9.27. The lowest BCUT2D eigenvalue weighted by Crippen LogP contribution is -2.43. The summed E-state index contributed by atoms with van der Waals surface area (Å²) in [5, 5.41) is 2.88. The van der Waals surface area contributed by atoms with Crippen molar-refractivity contribution in [2.45, 2.75) is 77.2 Å². The number of ether oxygens (including phenoxy) is 1. The largest absolute Gasteiger partial charge is 0.591 e. The Bertz CT molecular complexity index is 622. The molecule has 1 aliphatic rings. The van der Waals surface area contributed by atoms with E-state index in [4.69, 9.17) is 4.74 Å². The number of amides is 1. The molecule has 2 atom stereocenters. The van der Waals surface area contributed by atoms with Crippen LogP contribution in [0.1, 0.15) is 65.4 Å². The van der Waals surface area contributed by atoms with E-state index in [2.05, 4.69) is 9.71 Å². The first-order chi connectivity index (χ1) is 12.8. The van der Waals surface area contributed by atoms with Gasteiger partial charge in [-0.05, 0) is 46.1 Å². The van der Waals surface area contributed by atoms with E-state index >= 15 is 0 Å². The average molecular weight is 393 g/mol. The molecule has 0 aromatic heterocycles. The van der Waals surface area contributed by atoms with Gasteiger partial charge in [-0.1, -0.05) is 54.0 Å². The van der Waals surface area contributed by atoms with Gasteiger partial charge in [-0.15, -0.1) is 0 Å². The van der Waals surface area contributed by atoms with Gasteiger partial charge in [0.05, 0.1) is 11.8 Å². The molecule has 2 rings (SSSR count). The molecule has 6 heteroatoms. The predicted molar refractivity (Wildman–Crippen MR) is 111 cm³/mol. The lowest BCUT2D eigenvalue weighted by molar-refractivity contribution is 0.138. The minimum atomic E-state index is -1.34. The molecule has 1 N–H and O–H groups in total. The van der Waals surface area contributed by atoms with Crippen LogP contribution in [0.3, 0.4) is 0 Å². The van der Waals surface area contributed by atoms with Crippen LogP contribution in [-0.2, 0) is 22.7 Å². The van der Waals surface area contributed by atoms with E-state index in [-0.39, 0.29) is 18.6 Å². The molecule has 5 nitrogen and oxygen atoms in total. The molecule has 1 unspecified atom stereocenters. The lowest BCUT2D eigenvalue weighted by Gasteiger charge is -2.28. The summed E-state index contributed by atoms with van der Waals surface area (Å²) >= 11 is -1.34. The molecule has 0 bridgehead atoms. The third-order valence-corrected chi connectivity index (χ3v) is 6.15. The van der Waals surface area contributed by atoms with Gasteiger partial charge in [0.1, 0.15) is 22.7 Å². The third kappa shape index (κ3) is 7.18. The van der Waals surface area contributed by atoms with E-state index in [1.807, 2.05) is 58.0 Å². The van der Waals surface area contributed by atoms with Crippen LogP contribution in [0.5, 0.6) is 0 Å². The molecule has 1 aliphatic carbocycles. The van der Waals surface area contributed by atoms with E-state index < -0.39 is 22.2 Å². The third-order valence-electron chi connectivity index (χ3n) is 4.73. The zero-order valence-corrected chi connectivity index (χ0v) is 17.7. The maximum absolute atomic E-state index is 12.6. The number of carbonyl (C=O) groups is 1. The first-order valence-corrected chi connectivity index (χ1v) is 10.9. The van der Waals surface area contributed by atoms with Gasteiger partial charge in [0.25, 0.3) is 0 Å². The molecule has 150 valence electrons. The molecule has 1 amide bonds. The van der Waals surface area contributed by atoms with Crippen LogP contribution in [0.25, 0.3) is 0 Å². The fraction of sp³-hybridized carbons (Fsp3) is 0.619. The fourth-order valence-corrected chi connectivity index (χ4v) is 3.93. The van der Waals surface area contributed by atoms with Crippen molar-refractivity contribution in [1.29, 1.82) is 0 Å². The van der Waals surface area contributed by atoms with Crippen molar-refractivity contribution in [3.05, 3.63) is 35.9 Å². The van der Waals surface area contributed by atoms with Gasteiger partial charge in [0.15, 0.2) is 0 Å². The number of carbonyl (C=O) groups excluding carboxylic acids is 1. The van der Waals surface area contributed by atoms with Crippen LogP contribution in [0.4, 0.5) is 4.79 Å². The molecular weight excluding hydrogens is 360 g/mol. The Morgan fingerprint density at radius 1 is 1.26 bits per heavy atom. The zero-order valence-electron chi connectivity index (χ0n) is 16.9. The van der Waals surface area contributed by atoms with Gasteiger partial charge in [-0.2, -0.15) is 0 Å². The van der Waals surface area contributed by atoms with Gasteiger partial charge < -0.3 is 14.6 Å². The summed E-state index contributed by atoms with van der Waals surface area (Å²) in [5.41, 5.74) is 1.77. The minimum Gasteiger partial charge on any atom is -0.591 e. The Morgan fingerprint density at radius 2 is 1.89 bits per heavy atom. The zero-order chi connectivity index (χ0) is 19.9. The first-order valence-electron chi connectivity index (χ1n) is 9.75. The lowest BCUT2D eigenvalue weighted by atomic mass is 9.83. The maximum Gasteiger partial charge on any atom is 0.407 e. The molecule has 1 aromatic carbocycles. The Kier molecular flexibility index (Phi) is 8.17. The molecule has 0 heterocycles. The summed E-state index contributed by atoms with van der Waals surface area (Å²) in [5.74, 6) is 0.273. The second-order valence-corrected chi connectivity index (χ2v) is 10.0. The minimum absolute atomic E-state index is 0.225. The SMILES string of the molecule is C[C@H](NC(=O)OCc1ccccc1)C(=N[S+]([O-])C(C)(C)C)C1CCCCC1. The maximum atomic E-state index is 12.6. The molecule has 0 spiro atoms. The van der Waals surface area contributed by atoms with Crippen molar-refractivity contribution in [3.8, 4) is 0 Å². The topological polar surface area (TPSA) is 73.8 Å². The van der Waals surface area contributed by atoms with Crippen LogP contribution < -0.4 is 5.32 Å². The number of hydrogen-bond donors (Lipinski definition) is 1. The quantitative estimate of drug-likeness (QED) is 0.559. The molecule has 0 saturated heterocycles. The standard InChI is InChI=1S/C21H32N2O3S/c1-16(22-20(24)26-15-17-11-7-5-8-12-17)19(18-13-9-6-10-14-18)23-27(25)21(2,3)4/h5,7-8,11-12,16,18H,6,9-10,13-15H2,1-4H3,(H,22,24)/t16-,27?/m0/s1. The van der Waals surface area contributed by atoms with E-state index in [0.29, 0.717) is 0 Å². The highest BCUT2D eigenvalue weighted by Gasteiger charge is 2.32. The molecular formula is C21H32N2O3S. The van der Waals surface area contributed by atoms with Crippen molar-refractivity contribution >= 4 is 23.2 Å². The number of rotatable bonds is 6. The van der Waals surface area contributed by atoms with E-state index in [1.165, 1.54) is 6.42 Å². The van der Waals surface area contributed by atoms with Crippen LogP contribution in [0.15, 0.2) is 34.7 Å². The highest BCUT2D eigenvalue weighted by molar-refractivity contribution is 7.91. The van der Waals surface area contributed by atoms with Crippen LogP contribution >= 0.6 is 0 Å². The average Bonchev–Trinajstić information content (AvgIpc) is 2.65. The molecule has 1 fully saturated rings. The highest BCUT2D eigenvalue weighted by atomic mass is 32.2. The number of hydrogen-bond acceptors (Lipinski definition) is 4. The number of nitrogens with one attached hydrogen (secondary N) is 1. The first kappa shape index (κ1) is 21.8. The summed E-state index contributed by atoms with van der Waals surface area (Å²) in [7, 11) is 0. The van der Waals surface area contributed by atoms with Gasteiger partial charge in [-0.3, -0.25) is 0 Å². The fourth-order valence-electron chi connectivity index (χ4n) is 3.15. The Morgan fingerprint density at radius 3 is 2.48 bits per heavy atom. The van der Waals surface area contributed by atoms with Gasteiger partial charge in [0.2, 0.25) is 0 Å². The van der Waals surface area contributed by atoms with E-state index in [1.54, 1.807) is 0 Å². The second-order valence-electron chi connectivity index (χ2n) is 8.14. The Balaban J connectivity index is 2.02. The van der Waals surface area contributed by atoms with Gasteiger partial charge in [-0.25, -0.2) is 4.79 Å². The molecule has 0 aliphatic heterocycles. The van der Waals surface area contributed by atoms with Gasteiger partial charge in [0, 0.05) is 5.92 Å². The molecule has 0 radical (unpaired) electrons. The highest BCUT2D eigenvalue weighted by Crippen LogP contribution is 2.28. The van der Waals surface area contributed by atoms with Crippen LogP contribution in [0, 0.1) is 5.92 Å². The number of benzene rings is 1. The molecule has 27 heavy (non-hydrogen) atoms. The van der Waals surface area contributed by atoms with Crippen molar-refractivity contribution in [1.82, 2.24) is 5.32 Å². The Hall–Kier alpha value is -1.53. The summed E-state index contributed by atoms with van der Waals surface area (Å²) < 4.78 is 22.1. The van der Waals surface area contributed by atoms with Crippen LogP contribution in [-0.4, -0.2) is 27.1 Å². The van der Waals surface area contributed by atoms with Crippen LogP contribution in [0.2, 0.25) is 0 Å². The molecule has 1 saturated carbocycles. The van der Waals surface area contributed by atoms with Gasteiger partial charge >= 0.3 is 6.09 Å². The summed E-state index contributed by atoms with van der Waals surface area (Å²) in [6.45, 7) is 7.87. The number of alkyl carbamates (subject to hydrolysis) is 1. The van der Waals surface area contributed by atoms with Crippen molar-refractivity contribution < 1.29 is 14.1 Å². The normalized spacial score (nSPS) is 18.6. The van der Waals surface area contributed by atoms with Crippen molar-refractivity contribution in [2.75, 3.05) is 0 Å². The predicted octanol–water partition coefficient (Wildman–Crippen LogP) is 4.78. The van der Waals surface area contributed by atoms with E-state index in [0.717, 1.165) is 37.0 Å². The van der Waals surface area contributed by atoms with E-state index in [9.17, 15) is 9.35 Å². The molecule has 1 aromatic rings. The van der Waals surface area contributed by atoms with Crippen molar-refractivity contribution in [2.24, 2.45) is 10.3 Å². The number of nitrogens with zero attached hydrogens (tertiary/aromatic N) is 1. The monoisotopic (exact) mass is 392 g/mol. The summed E-state index contributed by atoms with van der Waals surface area (Å²) in [6.07, 6.45) is 5.12.